The van der Waals surface area contributed by atoms with Crippen molar-refractivity contribution in [2.75, 3.05) is 5.73 Å². The Balaban J connectivity index is 2.37. The Bertz CT molecular complexity index is 895. The van der Waals surface area contributed by atoms with Crippen molar-refractivity contribution in [2.24, 2.45) is 0 Å². The Morgan fingerprint density at radius 1 is 1.19 bits per heavy atom. The summed E-state index contributed by atoms with van der Waals surface area (Å²) in [5.41, 5.74) is 6.30. The van der Waals surface area contributed by atoms with Gasteiger partial charge in [0.15, 0.2) is 5.82 Å². The van der Waals surface area contributed by atoms with E-state index >= 15 is 0 Å². The Kier molecular flexibility index (Phi) is 3.32. The summed E-state index contributed by atoms with van der Waals surface area (Å²) in [6.45, 7) is 0. The van der Waals surface area contributed by atoms with E-state index in [9.17, 15) is 4.39 Å². The van der Waals surface area contributed by atoms with Crippen molar-refractivity contribution in [1.29, 1.82) is 5.26 Å². The van der Waals surface area contributed by atoms with Gasteiger partial charge in [0.1, 0.15) is 11.8 Å². The summed E-state index contributed by atoms with van der Waals surface area (Å²) in [5, 5.41) is 10.7. The van der Waals surface area contributed by atoms with E-state index in [0.29, 0.717) is 5.56 Å². The standard InChI is InChI=1S/C16H9BrFN3/c17-12-6-2-4-9-3-1-5-11(13(9)12)16-14(18)15(20)10(7-19)8-21-16/h1-6,8H,(H2,20,21). The molecule has 3 aromatic rings. The number of aromatic nitrogens is 1. The largest absolute Gasteiger partial charge is 0.395 e. The zero-order valence-electron chi connectivity index (χ0n) is 10.8. The fourth-order valence-corrected chi connectivity index (χ4v) is 2.87. The molecule has 0 spiro atoms. The molecule has 0 radical (unpaired) electrons. The predicted molar refractivity (Wildman–Crippen MR) is 84.0 cm³/mol. The van der Waals surface area contributed by atoms with Gasteiger partial charge in [0, 0.05) is 21.6 Å². The second-order valence-electron chi connectivity index (χ2n) is 4.50. The minimum Gasteiger partial charge on any atom is -0.395 e. The predicted octanol–water partition coefficient (Wildman–Crippen LogP) is 4.26. The third-order valence-corrected chi connectivity index (χ3v) is 3.95. The van der Waals surface area contributed by atoms with Gasteiger partial charge in [-0.05, 0) is 11.5 Å². The van der Waals surface area contributed by atoms with Crippen LogP contribution in [0.15, 0.2) is 47.1 Å². The molecule has 0 bridgehead atoms. The van der Waals surface area contributed by atoms with E-state index in [1.165, 1.54) is 6.20 Å². The molecule has 5 heteroatoms. The van der Waals surface area contributed by atoms with Gasteiger partial charge in [-0.3, -0.25) is 4.98 Å². The number of nitrogens with two attached hydrogens (primary N) is 1. The lowest BCUT2D eigenvalue weighted by molar-refractivity contribution is 0.630. The van der Waals surface area contributed by atoms with Crippen LogP contribution in [0.25, 0.3) is 22.0 Å². The Hall–Kier alpha value is -2.45. The number of halogens is 2. The van der Waals surface area contributed by atoms with Gasteiger partial charge in [0.2, 0.25) is 0 Å². The van der Waals surface area contributed by atoms with Gasteiger partial charge < -0.3 is 5.73 Å². The Morgan fingerprint density at radius 2 is 1.90 bits per heavy atom. The summed E-state index contributed by atoms with van der Waals surface area (Å²) in [6.07, 6.45) is 1.30. The summed E-state index contributed by atoms with van der Waals surface area (Å²) >= 11 is 3.48. The molecule has 3 nitrogen and oxygen atoms in total. The number of nitrogen functional groups attached to an aromatic ring is 1. The van der Waals surface area contributed by atoms with Gasteiger partial charge in [-0.1, -0.05) is 46.3 Å². The van der Waals surface area contributed by atoms with Crippen LogP contribution < -0.4 is 5.73 Å². The minimum atomic E-state index is -0.669. The molecule has 0 aliphatic rings. The van der Waals surface area contributed by atoms with Gasteiger partial charge in [0.05, 0.1) is 11.3 Å². The van der Waals surface area contributed by atoms with E-state index in [1.54, 1.807) is 6.07 Å². The summed E-state index contributed by atoms with van der Waals surface area (Å²) in [7, 11) is 0. The van der Waals surface area contributed by atoms with E-state index in [2.05, 4.69) is 20.9 Å². The van der Waals surface area contributed by atoms with Crippen molar-refractivity contribution in [1.82, 2.24) is 4.98 Å². The fraction of sp³-hybridized carbons (Fsp3) is 0. The highest BCUT2D eigenvalue weighted by atomic mass is 79.9. The molecule has 0 amide bonds. The molecule has 0 atom stereocenters. The molecular formula is C16H9BrFN3. The number of nitriles is 1. The van der Waals surface area contributed by atoms with E-state index in [4.69, 9.17) is 11.0 Å². The minimum absolute atomic E-state index is 0.0375. The van der Waals surface area contributed by atoms with Crippen LogP contribution in [0.5, 0.6) is 0 Å². The quantitative estimate of drug-likeness (QED) is 0.719. The average Bonchev–Trinajstić information content (AvgIpc) is 2.50. The molecule has 21 heavy (non-hydrogen) atoms. The SMILES string of the molecule is N#Cc1cnc(-c2cccc3cccc(Br)c23)c(F)c1N. The monoisotopic (exact) mass is 341 g/mol. The molecule has 0 aliphatic carbocycles. The van der Waals surface area contributed by atoms with E-state index in [-0.39, 0.29) is 16.9 Å². The number of hydrogen-bond acceptors (Lipinski definition) is 3. The van der Waals surface area contributed by atoms with Crippen LogP contribution in [0.1, 0.15) is 5.56 Å². The van der Waals surface area contributed by atoms with Crippen molar-refractivity contribution < 1.29 is 4.39 Å². The van der Waals surface area contributed by atoms with Crippen LogP contribution in [0, 0.1) is 17.1 Å². The summed E-state index contributed by atoms with van der Waals surface area (Å²) in [5.74, 6) is -0.669. The van der Waals surface area contributed by atoms with Gasteiger partial charge in [0.25, 0.3) is 0 Å². The maximum absolute atomic E-state index is 14.4. The van der Waals surface area contributed by atoms with Crippen molar-refractivity contribution in [2.45, 2.75) is 0 Å². The summed E-state index contributed by atoms with van der Waals surface area (Å²) in [6, 6.07) is 13.1. The first-order valence-corrected chi connectivity index (χ1v) is 6.94. The molecule has 1 heterocycles. The first-order chi connectivity index (χ1) is 10.1. The van der Waals surface area contributed by atoms with Gasteiger partial charge in [-0.15, -0.1) is 0 Å². The zero-order valence-corrected chi connectivity index (χ0v) is 12.4. The van der Waals surface area contributed by atoms with Crippen molar-refractivity contribution in [3.8, 4) is 17.3 Å². The second kappa shape index (κ2) is 5.15. The second-order valence-corrected chi connectivity index (χ2v) is 5.36. The normalized spacial score (nSPS) is 10.5. The number of rotatable bonds is 1. The van der Waals surface area contributed by atoms with Crippen LogP contribution in [0.2, 0.25) is 0 Å². The van der Waals surface area contributed by atoms with Gasteiger partial charge in [-0.2, -0.15) is 5.26 Å². The Labute approximate surface area is 129 Å². The number of pyridine rings is 1. The van der Waals surface area contributed by atoms with Crippen molar-refractivity contribution >= 4 is 32.4 Å². The molecule has 0 saturated carbocycles. The Morgan fingerprint density at radius 3 is 2.62 bits per heavy atom. The third kappa shape index (κ3) is 2.14. The van der Waals surface area contributed by atoms with Crippen LogP contribution in [0.4, 0.5) is 10.1 Å². The lowest BCUT2D eigenvalue weighted by Crippen LogP contribution is -2.00. The first-order valence-electron chi connectivity index (χ1n) is 6.15. The number of anilines is 1. The summed E-state index contributed by atoms with van der Waals surface area (Å²) in [4.78, 5) is 4.07. The number of hydrogen-bond donors (Lipinski definition) is 1. The highest BCUT2D eigenvalue weighted by Gasteiger charge is 2.16. The van der Waals surface area contributed by atoms with Gasteiger partial charge in [-0.25, -0.2) is 4.39 Å². The number of fused-ring (bicyclic) bond motifs is 1. The smallest absolute Gasteiger partial charge is 0.173 e. The molecule has 102 valence electrons. The average molecular weight is 342 g/mol. The summed E-state index contributed by atoms with van der Waals surface area (Å²) < 4.78 is 15.3. The molecule has 0 saturated heterocycles. The van der Waals surface area contributed by atoms with E-state index in [1.807, 2.05) is 36.4 Å². The highest BCUT2D eigenvalue weighted by molar-refractivity contribution is 9.10. The molecule has 0 fully saturated rings. The molecular weight excluding hydrogens is 333 g/mol. The molecule has 0 unspecified atom stereocenters. The molecule has 3 rings (SSSR count). The van der Waals surface area contributed by atoms with E-state index in [0.717, 1.165) is 15.2 Å². The topological polar surface area (TPSA) is 62.7 Å². The lowest BCUT2D eigenvalue weighted by Gasteiger charge is -2.10. The number of nitrogens with zero attached hydrogens (tertiary/aromatic N) is 2. The van der Waals surface area contributed by atoms with Crippen LogP contribution >= 0.6 is 15.9 Å². The fourth-order valence-electron chi connectivity index (χ4n) is 2.27. The third-order valence-electron chi connectivity index (χ3n) is 3.29. The molecule has 2 N–H and O–H groups in total. The van der Waals surface area contributed by atoms with Crippen molar-refractivity contribution in [3.05, 3.63) is 58.4 Å². The van der Waals surface area contributed by atoms with Crippen LogP contribution in [-0.4, -0.2) is 4.98 Å². The van der Waals surface area contributed by atoms with Crippen LogP contribution in [0.3, 0.4) is 0 Å². The lowest BCUT2D eigenvalue weighted by atomic mass is 10.0. The van der Waals surface area contributed by atoms with Gasteiger partial charge >= 0.3 is 0 Å². The van der Waals surface area contributed by atoms with Crippen molar-refractivity contribution in [3.63, 3.8) is 0 Å². The molecule has 0 aliphatic heterocycles. The maximum Gasteiger partial charge on any atom is 0.173 e. The maximum atomic E-state index is 14.4. The molecule has 1 aromatic heterocycles. The zero-order chi connectivity index (χ0) is 15.0. The van der Waals surface area contributed by atoms with Crippen LogP contribution in [-0.2, 0) is 0 Å². The van der Waals surface area contributed by atoms with E-state index < -0.39 is 5.82 Å². The first kappa shape index (κ1) is 13.5. The molecule has 2 aromatic carbocycles. The highest BCUT2D eigenvalue weighted by Crippen LogP contribution is 2.35. The number of benzene rings is 2.